The summed E-state index contributed by atoms with van der Waals surface area (Å²) in [5.41, 5.74) is 1.41. The molecule has 83 heavy (non-hydrogen) atoms. The fraction of sp³-hybridized carbons (Fsp3) is 0.679. The minimum atomic E-state index is -1.41. The van der Waals surface area contributed by atoms with E-state index in [0.717, 1.165) is 17.3 Å². The van der Waals surface area contributed by atoms with Gasteiger partial charge in [-0.05, 0) is 37.5 Å². The summed E-state index contributed by atoms with van der Waals surface area (Å²) in [5.74, 6) is -3.63. The van der Waals surface area contributed by atoms with Gasteiger partial charge in [-0.1, -0.05) is 6.07 Å². The molecule has 5 fully saturated rings. The van der Waals surface area contributed by atoms with Crippen LogP contribution in [0.3, 0.4) is 0 Å². The van der Waals surface area contributed by atoms with Crippen molar-refractivity contribution in [1.82, 2.24) is 29.9 Å². The maximum absolute atomic E-state index is 13.6. The van der Waals surface area contributed by atoms with Gasteiger partial charge >= 0.3 is 11.9 Å². The number of nitrogens with zero attached hydrogens (tertiary/aromatic N) is 4. The fourth-order valence-corrected chi connectivity index (χ4v) is 11.1. The van der Waals surface area contributed by atoms with E-state index in [1.54, 1.807) is 18.2 Å². The van der Waals surface area contributed by atoms with Crippen LogP contribution in [0.5, 0.6) is 0 Å². The largest absolute Gasteiger partial charge is 0.462 e. The minimum Gasteiger partial charge on any atom is -0.462 e. The molecule has 30 heteroatoms. The molecule has 5 aliphatic heterocycles. The second-order valence-corrected chi connectivity index (χ2v) is 21.4. The molecule has 1 aromatic carbocycles. The number of Topliss-reactive ketones (excluding diaryl/α,β-unsaturated/α-hetero) is 1. The molecule has 29 nitrogen and oxygen atoms in total. The summed E-state index contributed by atoms with van der Waals surface area (Å²) >= 11 is 1.15. The lowest BCUT2D eigenvalue weighted by Crippen LogP contribution is -2.68. The molecule has 6 N–H and O–H groups in total. The molecule has 3 unspecified atom stereocenters. The number of hydrogen-bond donors (Lipinski definition) is 6. The zero-order chi connectivity index (χ0) is 59.7. The lowest BCUT2D eigenvalue weighted by atomic mass is 9.94. The van der Waals surface area contributed by atoms with E-state index in [1.165, 1.54) is 46.2 Å². The number of thioether (sulfide) groups is 1. The summed E-state index contributed by atoms with van der Waals surface area (Å²) in [4.78, 5) is 117. The molecule has 11 atom stereocenters. The Kier molecular flexibility index (Phi) is 24.5. The number of aromatic nitrogens is 1. The number of carbonyl (C=O) groups excluding carboxylic acids is 9. The molecule has 0 radical (unpaired) electrons. The van der Waals surface area contributed by atoms with Gasteiger partial charge in [0, 0.05) is 70.1 Å². The number of hydrogen-bond acceptors (Lipinski definition) is 24. The number of ketones is 1. The molecule has 460 valence electrons. The van der Waals surface area contributed by atoms with E-state index in [0.29, 0.717) is 23.7 Å². The van der Waals surface area contributed by atoms with Crippen LogP contribution in [0.25, 0.3) is 10.9 Å². The van der Waals surface area contributed by atoms with E-state index < -0.39 is 90.3 Å². The summed E-state index contributed by atoms with van der Waals surface area (Å²) in [6.45, 7) is 3.51. The monoisotopic (exact) mass is 1190 g/mol. The zero-order valence-electron chi connectivity index (χ0n) is 46.5. The van der Waals surface area contributed by atoms with Gasteiger partial charge in [0.2, 0.25) is 35.4 Å². The van der Waals surface area contributed by atoms with E-state index in [2.05, 4.69) is 10.6 Å². The van der Waals surface area contributed by atoms with Gasteiger partial charge in [0.1, 0.15) is 87.5 Å². The van der Waals surface area contributed by atoms with Crippen molar-refractivity contribution < 1.29 is 111 Å². The molecular formula is C53H74N6O23S. The van der Waals surface area contributed by atoms with Gasteiger partial charge in [0.05, 0.1) is 69.4 Å². The molecule has 6 heterocycles. The second-order valence-electron chi connectivity index (χ2n) is 20.2. The van der Waals surface area contributed by atoms with Crippen LogP contribution in [-0.2, 0) is 98.7 Å². The van der Waals surface area contributed by atoms with Crippen molar-refractivity contribution in [3.63, 3.8) is 0 Å². The highest BCUT2D eigenvalue weighted by Gasteiger charge is 2.51. The summed E-state index contributed by atoms with van der Waals surface area (Å²) in [6, 6.07) is 3.52. The quantitative estimate of drug-likeness (QED) is 0.0250. The van der Waals surface area contributed by atoms with E-state index in [-0.39, 0.29) is 166 Å². The van der Waals surface area contributed by atoms with Crippen LogP contribution in [0.4, 0.5) is 0 Å². The maximum Gasteiger partial charge on any atom is 0.340 e. The molecule has 0 saturated carbocycles. The molecule has 0 bridgehead atoms. The third-order valence-electron chi connectivity index (χ3n) is 14.3. The summed E-state index contributed by atoms with van der Waals surface area (Å²) < 4.78 is 56.9. The van der Waals surface area contributed by atoms with E-state index in [9.17, 15) is 63.6 Å². The number of esters is 2. The van der Waals surface area contributed by atoms with Gasteiger partial charge in [-0.15, -0.1) is 11.8 Å². The van der Waals surface area contributed by atoms with Crippen LogP contribution in [0.15, 0.2) is 24.4 Å². The zero-order valence-corrected chi connectivity index (χ0v) is 47.3. The lowest BCUT2D eigenvalue weighted by Gasteiger charge is -2.49. The smallest absolute Gasteiger partial charge is 0.340 e. The number of carbonyl (C=O) groups is 9. The highest BCUT2D eigenvalue weighted by Crippen LogP contribution is 2.31. The number of nitrogens with one attached hydrogen (secondary N) is 2. The Morgan fingerprint density at radius 1 is 0.687 bits per heavy atom. The average Bonchev–Trinajstić information content (AvgIpc) is 4.13. The Morgan fingerprint density at radius 3 is 1.76 bits per heavy atom. The Labute approximate surface area is 481 Å². The number of ether oxygens (including phenoxy) is 10. The average molecular weight is 1200 g/mol. The first-order valence-electron chi connectivity index (χ1n) is 27.4. The van der Waals surface area contributed by atoms with Crippen molar-refractivity contribution in [3.8, 4) is 0 Å². The van der Waals surface area contributed by atoms with E-state index in [1.807, 2.05) is 0 Å². The standard InChI is InChI=1S/C53H74N6O23S/c1-30(60)29-83-39-22-42(65)59(50(39)71)8-4-5-33-6-7-36-34(21-33)35(51(72)78-20-18-74-14-16-76-28-41(64)55-24-38-47(68)49(70)45-53(82-38)80-12-10-58(45)32(3)62)25-56(36)26-43(66)77-19-17-73-13-15-75-27-40(63)54-23-37-46(67)48(69)44-52(81-37)79-11-9-57(44)31(2)61/h6-7,21,25,37-39,44-49,52-53,67-70H,4-5,8-20,22-24,26-29H2,1-3H3,(H,54,63)(H,55,64)/t37?,38?,39?,44-,45-,46-,47-,48+,49+,52+,53+/m0/s1. The number of aliphatic hydroxyl groups is 4. The fourth-order valence-electron chi connectivity index (χ4n) is 10.1. The molecule has 1 aromatic heterocycles. The van der Waals surface area contributed by atoms with Gasteiger partial charge in [-0.3, -0.25) is 43.3 Å². The van der Waals surface area contributed by atoms with Crippen molar-refractivity contribution in [2.24, 2.45) is 0 Å². The summed E-state index contributed by atoms with van der Waals surface area (Å²) in [7, 11) is 0. The van der Waals surface area contributed by atoms with Gasteiger partial charge in [-0.2, -0.15) is 0 Å². The SMILES string of the molecule is CC(=O)CSC1CC(=O)N(CCCc2ccc3c(c2)c(C(=O)OCCOCCOCC(=O)NCC2O[C@H]4OCCN(C(C)=O)[C@H]4[C@@H](O)[C@H]2O)cn3CC(=O)OCCOCCOCC(=O)NCC2O[C@H]3OCCN(C(C)=O)[C@H]3[C@@H](O)[C@H]2O)C1=O. The summed E-state index contributed by atoms with van der Waals surface area (Å²) in [6.07, 6.45) is -7.19. The molecule has 5 saturated heterocycles. The number of rotatable bonds is 30. The van der Waals surface area contributed by atoms with Crippen LogP contribution in [0, 0.1) is 0 Å². The van der Waals surface area contributed by atoms with E-state index in [4.69, 9.17) is 47.4 Å². The van der Waals surface area contributed by atoms with Crippen molar-refractivity contribution in [3.05, 3.63) is 35.5 Å². The molecule has 0 aliphatic carbocycles. The highest BCUT2D eigenvalue weighted by molar-refractivity contribution is 8.01. The topological polar surface area (TPSA) is 366 Å². The Morgan fingerprint density at radius 2 is 1.22 bits per heavy atom. The molecule has 2 aromatic rings. The second kappa shape index (κ2) is 31.4. The molecule has 5 aliphatic rings. The van der Waals surface area contributed by atoms with Gasteiger partial charge in [-0.25, -0.2) is 4.79 Å². The van der Waals surface area contributed by atoms with Crippen LogP contribution < -0.4 is 10.6 Å². The van der Waals surface area contributed by atoms with E-state index >= 15 is 0 Å². The number of aliphatic hydroxyl groups excluding tert-OH is 4. The van der Waals surface area contributed by atoms with Crippen LogP contribution in [0.2, 0.25) is 0 Å². The molecule has 6 amide bonds. The highest BCUT2D eigenvalue weighted by atomic mass is 32.2. The first-order chi connectivity index (χ1) is 39.8. The number of morpholine rings is 2. The molecule has 7 rings (SSSR count). The summed E-state index contributed by atoms with van der Waals surface area (Å²) in [5, 5.41) is 47.7. The van der Waals surface area contributed by atoms with Crippen molar-refractivity contribution in [1.29, 1.82) is 0 Å². The van der Waals surface area contributed by atoms with Crippen LogP contribution >= 0.6 is 11.8 Å². The predicted molar refractivity (Wildman–Crippen MR) is 285 cm³/mol. The van der Waals surface area contributed by atoms with Gasteiger partial charge in [0.25, 0.3) is 0 Å². The third-order valence-corrected chi connectivity index (χ3v) is 15.6. The van der Waals surface area contributed by atoms with Crippen molar-refractivity contribution in [2.75, 3.05) is 118 Å². The van der Waals surface area contributed by atoms with Gasteiger partial charge < -0.3 is 92.8 Å². The first kappa shape index (κ1) is 64.8. The molecule has 0 spiro atoms. The number of amides is 6. The van der Waals surface area contributed by atoms with Crippen LogP contribution in [-0.4, -0.2) is 277 Å². The third kappa shape index (κ3) is 17.7. The Balaban J connectivity index is 0.817. The van der Waals surface area contributed by atoms with Crippen molar-refractivity contribution in [2.45, 2.75) is 113 Å². The Hall–Kier alpha value is -5.74. The maximum atomic E-state index is 13.6. The van der Waals surface area contributed by atoms with Crippen molar-refractivity contribution >= 4 is 75.8 Å². The normalized spacial score (nSPS) is 26.1. The minimum absolute atomic E-state index is 0.00358. The number of likely N-dealkylation sites (tertiary alicyclic amines) is 1. The number of imide groups is 1. The number of aryl methyl sites for hydroxylation is 1. The Bertz CT molecular complexity index is 2600. The lowest BCUT2D eigenvalue weighted by molar-refractivity contribution is -0.296. The van der Waals surface area contributed by atoms with Crippen LogP contribution in [0.1, 0.15) is 49.5 Å². The number of fused-ring (bicyclic) bond motifs is 3. The van der Waals surface area contributed by atoms with Gasteiger partial charge in [0.15, 0.2) is 12.6 Å². The number of benzene rings is 1. The molecular weight excluding hydrogens is 1120 g/mol. The predicted octanol–water partition coefficient (Wildman–Crippen LogP) is -3.59. The first-order valence-corrected chi connectivity index (χ1v) is 28.4.